The summed E-state index contributed by atoms with van der Waals surface area (Å²) in [4.78, 5) is 14.5. The van der Waals surface area contributed by atoms with E-state index in [1.807, 2.05) is 47.4 Å². The predicted molar refractivity (Wildman–Crippen MR) is 85.6 cm³/mol. The fourth-order valence-electron chi connectivity index (χ4n) is 2.52. The first-order chi connectivity index (χ1) is 9.25. The van der Waals surface area contributed by atoms with Crippen LogP contribution < -0.4 is 4.90 Å². The summed E-state index contributed by atoms with van der Waals surface area (Å²) in [5.74, 6) is 0.102. The van der Waals surface area contributed by atoms with Crippen LogP contribution in [-0.4, -0.2) is 12.5 Å². The van der Waals surface area contributed by atoms with E-state index < -0.39 is 0 Å². The molecule has 96 valence electrons. The van der Waals surface area contributed by atoms with Crippen molar-refractivity contribution in [3.63, 3.8) is 0 Å². The molecule has 2 aromatic carbocycles. The van der Waals surface area contributed by atoms with Crippen LogP contribution in [0.5, 0.6) is 0 Å². The molecule has 0 N–H and O–H groups in total. The molecule has 2 aromatic rings. The number of halogens is 1. The molecule has 0 aliphatic carbocycles. The maximum Gasteiger partial charge on any atom is 0.258 e. The van der Waals surface area contributed by atoms with E-state index in [2.05, 4.69) is 28.7 Å². The molecular weight excluding hydrogens is 349 g/mol. The Hall–Kier alpha value is -1.36. The molecule has 3 rings (SSSR count). The lowest BCUT2D eigenvalue weighted by Crippen LogP contribution is -2.35. The van der Waals surface area contributed by atoms with Crippen LogP contribution in [0.2, 0.25) is 0 Å². The number of nitrogens with zero attached hydrogens (tertiary/aromatic N) is 1. The molecule has 0 bridgehead atoms. The summed E-state index contributed by atoms with van der Waals surface area (Å²) in [6.07, 6.45) is 2.10. The first-order valence-electron chi connectivity index (χ1n) is 6.41. The van der Waals surface area contributed by atoms with E-state index >= 15 is 0 Å². The number of para-hydroxylation sites is 1. The summed E-state index contributed by atoms with van der Waals surface area (Å²) in [6, 6.07) is 16.0. The quantitative estimate of drug-likeness (QED) is 0.705. The van der Waals surface area contributed by atoms with Gasteiger partial charge < -0.3 is 4.90 Å². The molecule has 1 aliphatic heterocycles. The highest BCUT2D eigenvalue weighted by molar-refractivity contribution is 14.1. The third-order valence-electron chi connectivity index (χ3n) is 3.43. The van der Waals surface area contributed by atoms with Gasteiger partial charge in [-0.3, -0.25) is 4.79 Å². The van der Waals surface area contributed by atoms with Crippen molar-refractivity contribution >= 4 is 34.2 Å². The van der Waals surface area contributed by atoms with Crippen molar-refractivity contribution in [2.45, 2.75) is 12.8 Å². The van der Waals surface area contributed by atoms with Gasteiger partial charge in [-0.1, -0.05) is 24.3 Å². The van der Waals surface area contributed by atoms with Gasteiger partial charge in [0, 0.05) is 21.4 Å². The average molecular weight is 363 g/mol. The maximum atomic E-state index is 12.6. The van der Waals surface area contributed by atoms with Crippen molar-refractivity contribution in [2.24, 2.45) is 0 Å². The second kappa shape index (κ2) is 5.33. The zero-order valence-corrected chi connectivity index (χ0v) is 12.6. The summed E-state index contributed by atoms with van der Waals surface area (Å²) in [5, 5.41) is 0. The van der Waals surface area contributed by atoms with Gasteiger partial charge in [0.1, 0.15) is 0 Å². The van der Waals surface area contributed by atoms with Crippen molar-refractivity contribution in [3.05, 3.63) is 63.2 Å². The second-order valence-electron chi connectivity index (χ2n) is 4.70. The molecule has 1 amide bonds. The van der Waals surface area contributed by atoms with Gasteiger partial charge in [-0.2, -0.15) is 0 Å². The largest absolute Gasteiger partial charge is 0.308 e. The normalized spacial score (nSPS) is 14.1. The molecule has 0 saturated heterocycles. The molecule has 0 fully saturated rings. The molecule has 0 radical (unpaired) electrons. The van der Waals surface area contributed by atoms with Gasteiger partial charge >= 0.3 is 0 Å². The van der Waals surface area contributed by atoms with Crippen LogP contribution in [0.25, 0.3) is 0 Å². The molecule has 0 saturated carbocycles. The zero-order chi connectivity index (χ0) is 13.2. The topological polar surface area (TPSA) is 20.3 Å². The highest BCUT2D eigenvalue weighted by Gasteiger charge is 2.23. The first-order valence-corrected chi connectivity index (χ1v) is 7.49. The van der Waals surface area contributed by atoms with Crippen molar-refractivity contribution in [3.8, 4) is 0 Å². The molecule has 1 aliphatic rings. The van der Waals surface area contributed by atoms with Crippen molar-refractivity contribution in [1.29, 1.82) is 0 Å². The molecule has 0 spiro atoms. The predicted octanol–water partition coefficient (Wildman–Crippen LogP) is 3.88. The second-order valence-corrected chi connectivity index (χ2v) is 5.95. The van der Waals surface area contributed by atoms with E-state index in [4.69, 9.17) is 0 Å². The Morgan fingerprint density at radius 3 is 2.79 bits per heavy atom. The molecule has 0 atom stereocenters. The highest BCUT2D eigenvalue weighted by Crippen LogP contribution is 2.28. The van der Waals surface area contributed by atoms with Gasteiger partial charge in [-0.05, 0) is 65.3 Å². The number of carbonyl (C=O) groups excluding carboxylic acids is 1. The number of hydrogen-bond donors (Lipinski definition) is 0. The minimum atomic E-state index is 0.102. The van der Waals surface area contributed by atoms with Crippen LogP contribution in [0.1, 0.15) is 22.3 Å². The van der Waals surface area contributed by atoms with Crippen LogP contribution in [-0.2, 0) is 6.42 Å². The summed E-state index contributed by atoms with van der Waals surface area (Å²) in [6.45, 7) is 0.807. The lowest BCUT2D eigenvalue weighted by atomic mass is 10.0. The maximum absolute atomic E-state index is 12.6. The van der Waals surface area contributed by atoms with E-state index in [0.29, 0.717) is 0 Å². The Morgan fingerprint density at radius 2 is 1.95 bits per heavy atom. The Labute approximate surface area is 126 Å². The SMILES string of the molecule is O=C(c1cccc(I)c1)N1CCCc2ccccc21. The number of amides is 1. The highest BCUT2D eigenvalue weighted by atomic mass is 127. The summed E-state index contributed by atoms with van der Waals surface area (Å²) in [7, 11) is 0. The number of rotatable bonds is 1. The molecule has 0 unspecified atom stereocenters. The van der Waals surface area contributed by atoms with E-state index in [-0.39, 0.29) is 5.91 Å². The van der Waals surface area contributed by atoms with Crippen LogP contribution in [0.15, 0.2) is 48.5 Å². The smallest absolute Gasteiger partial charge is 0.258 e. The Balaban J connectivity index is 1.98. The van der Waals surface area contributed by atoms with Gasteiger partial charge in [0.05, 0.1) is 0 Å². The molecule has 2 nitrogen and oxygen atoms in total. The first kappa shape index (κ1) is 12.7. The average Bonchev–Trinajstić information content (AvgIpc) is 2.46. The van der Waals surface area contributed by atoms with Gasteiger partial charge in [-0.15, -0.1) is 0 Å². The number of aryl methyl sites for hydroxylation is 1. The van der Waals surface area contributed by atoms with Crippen LogP contribution in [0.4, 0.5) is 5.69 Å². The minimum absolute atomic E-state index is 0.102. The van der Waals surface area contributed by atoms with Crippen LogP contribution in [0, 0.1) is 3.57 Å². The lowest BCUT2D eigenvalue weighted by Gasteiger charge is -2.29. The summed E-state index contributed by atoms with van der Waals surface area (Å²) >= 11 is 2.24. The van der Waals surface area contributed by atoms with Crippen LogP contribution in [0.3, 0.4) is 0 Å². The fourth-order valence-corrected chi connectivity index (χ4v) is 3.07. The molecule has 19 heavy (non-hydrogen) atoms. The minimum Gasteiger partial charge on any atom is -0.308 e. The Morgan fingerprint density at radius 1 is 1.11 bits per heavy atom. The number of fused-ring (bicyclic) bond motifs is 1. The van der Waals surface area contributed by atoms with Crippen molar-refractivity contribution < 1.29 is 4.79 Å². The van der Waals surface area contributed by atoms with Gasteiger partial charge in [0.25, 0.3) is 5.91 Å². The molecule has 1 heterocycles. The zero-order valence-electron chi connectivity index (χ0n) is 10.5. The summed E-state index contributed by atoms with van der Waals surface area (Å²) < 4.78 is 1.09. The number of benzene rings is 2. The van der Waals surface area contributed by atoms with Crippen LogP contribution >= 0.6 is 22.6 Å². The van der Waals surface area contributed by atoms with E-state index in [9.17, 15) is 4.79 Å². The molecule has 0 aromatic heterocycles. The third-order valence-corrected chi connectivity index (χ3v) is 4.10. The third kappa shape index (κ3) is 2.52. The standard InChI is InChI=1S/C16H14INO/c17-14-8-3-6-13(11-14)16(19)18-10-4-7-12-5-1-2-9-15(12)18/h1-3,5-6,8-9,11H,4,7,10H2. The lowest BCUT2D eigenvalue weighted by molar-refractivity contribution is 0.0985. The van der Waals surface area contributed by atoms with Gasteiger partial charge in [0.15, 0.2) is 0 Å². The molecule has 3 heteroatoms. The fraction of sp³-hybridized carbons (Fsp3) is 0.188. The summed E-state index contributed by atoms with van der Waals surface area (Å²) in [5.41, 5.74) is 3.11. The Bertz CT molecular complexity index is 624. The van der Waals surface area contributed by atoms with Gasteiger partial charge in [-0.25, -0.2) is 0 Å². The van der Waals surface area contributed by atoms with Crippen molar-refractivity contribution in [2.75, 3.05) is 11.4 Å². The van der Waals surface area contributed by atoms with E-state index in [1.54, 1.807) is 0 Å². The number of hydrogen-bond acceptors (Lipinski definition) is 1. The van der Waals surface area contributed by atoms with Gasteiger partial charge in [0.2, 0.25) is 0 Å². The number of carbonyl (C=O) groups is 1. The van der Waals surface area contributed by atoms with Crippen molar-refractivity contribution in [1.82, 2.24) is 0 Å². The Kier molecular flexibility index (Phi) is 3.55. The molecular formula is C16H14INO. The van der Waals surface area contributed by atoms with E-state index in [0.717, 1.165) is 34.2 Å². The number of anilines is 1. The van der Waals surface area contributed by atoms with E-state index in [1.165, 1.54) is 5.56 Å². The monoisotopic (exact) mass is 363 g/mol.